The van der Waals surface area contributed by atoms with E-state index >= 15 is 0 Å². The standard InChI is InChI=1S/C34H36Cl6O8/c1-3-17(19-7-5-8-19)11-13-45-31(41)25-27(39)21(35)15-23(37)29(25)47-33(43)34(44)48-30-24(38)16-22(36)28(40)26(30)32(42)46-14-12-18(4-2)20-9-6-10-20/h15-20H,3-14H2,1-2H3. The summed E-state index contributed by atoms with van der Waals surface area (Å²) in [6.07, 6.45) is 10.1. The third-order valence-electron chi connectivity index (χ3n) is 9.34. The van der Waals surface area contributed by atoms with E-state index in [9.17, 15) is 19.2 Å². The van der Waals surface area contributed by atoms with Crippen molar-refractivity contribution >= 4 is 93.5 Å². The molecule has 48 heavy (non-hydrogen) atoms. The van der Waals surface area contributed by atoms with Crippen molar-refractivity contribution in [3.8, 4) is 11.5 Å². The van der Waals surface area contributed by atoms with E-state index < -0.39 is 46.5 Å². The summed E-state index contributed by atoms with van der Waals surface area (Å²) in [5.74, 6) is -4.33. The molecule has 2 saturated carbocycles. The van der Waals surface area contributed by atoms with E-state index in [1.54, 1.807) is 0 Å². The second kappa shape index (κ2) is 17.8. The summed E-state index contributed by atoms with van der Waals surface area (Å²) in [4.78, 5) is 52.4. The first-order chi connectivity index (χ1) is 22.9. The largest absolute Gasteiger partial charge is 0.462 e. The van der Waals surface area contributed by atoms with Gasteiger partial charge < -0.3 is 18.9 Å². The van der Waals surface area contributed by atoms with Crippen LogP contribution in [0, 0.1) is 23.7 Å². The Kier molecular flexibility index (Phi) is 14.4. The van der Waals surface area contributed by atoms with Crippen molar-refractivity contribution < 1.29 is 38.1 Å². The molecule has 0 saturated heterocycles. The summed E-state index contributed by atoms with van der Waals surface area (Å²) in [6.45, 7) is 4.34. The second-order valence-electron chi connectivity index (χ2n) is 12.1. The summed E-state index contributed by atoms with van der Waals surface area (Å²) >= 11 is 37.5. The Morgan fingerprint density at radius 1 is 0.625 bits per heavy atom. The van der Waals surface area contributed by atoms with Crippen LogP contribution in [-0.2, 0) is 19.1 Å². The van der Waals surface area contributed by atoms with Gasteiger partial charge in [0.1, 0.15) is 11.1 Å². The van der Waals surface area contributed by atoms with E-state index in [4.69, 9.17) is 88.6 Å². The van der Waals surface area contributed by atoms with Gasteiger partial charge in [-0.1, -0.05) is 135 Å². The highest BCUT2D eigenvalue weighted by Crippen LogP contribution is 2.43. The second-order valence-corrected chi connectivity index (χ2v) is 14.4. The molecule has 0 N–H and O–H groups in total. The SMILES string of the molecule is CCC(CCOC(=O)c1c(Cl)c(Cl)cc(Cl)c1OC(=O)C(=O)Oc1c(Cl)cc(Cl)c(Cl)c1C(=O)OCCC(CC)C1CCC1)C1CCC1. The van der Waals surface area contributed by atoms with Gasteiger partial charge >= 0.3 is 23.9 Å². The first kappa shape index (κ1) is 38.9. The maximum absolute atomic E-state index is 13.2. The molecule has 0 aliphatic heterocycles. The fraction of sp³-hybridized carbons (Fsp3) is 0.529. The van der Waals surface area contributed by atoms with Crippen molar-refractivity contribution in [1.82, 2.24) is 0 Å². The minimum Gasteiger partial charge on any atom is -0.462 e. The van der Waals surface area contributed by atoms with Gasteiger partial charge in [-0.05, 0) is 48.6 Å². The van der Waals surface area contributed by atoms with Crippen LogP contribution >= 0.6 is 69.6 Å². The molecule has 2 aliphatic carbocycles. The van der Waals surface area contributed by atoms with Crippen LogP contribution in [0.15, 0.2) is 12.1 Å². The predicted octanol–water partition coefficient (Wildman–Crippen LogP) is 10.9. The van der Waals surface area contributed by atoms with Crippen molar-refractivity contribution in [3.05, 3.63) is 53.4 Å². The fourth-order valence-corrected chi connectivity index (χ4v) is 7.55. The molecule has 0 aromatic heterocycles. The highest BCUT2D eigenvalue weighted by molar-refractivity contribution is 6.47. The topological polar surface area (TPSA) is 105 Å². The van der Waals surface area contributed by atoms with Crippen LogP contribution in [0.5, 0.6) is 11.5 Å². The molecule has 14 heteroatoms. The van der Waals surface area contributed by atoms with Crippen molar-refractivity contribution in [1.29, 1.82) is 0 Å². The number of halogens is 6. The zero-order valence-corrected chi connectivity index (χ0v) is 31.0. The van der Waals surface area contributed by atoms with Crippen LogP contribution in [0.1, 0.15) is 98.8 Å². The lowest BCUT2D eigenvalue weighted by molar-refractivity contribution is -0.156. The lowest BCUT2D eigenvalue weighted by Gasteiger charge is -2.33. The summed E-state index contributed by atoms with van der Waals surface area (Å²) in [5.41, 5.74) is -0.896. The minimum absolute atomic E-state index is 0.0815. The molecule has 8 nitrogen and oxygen atoms in total. The average molecular weight is 785 g/mol. The Hall–Kier alpha value is -1.94. The zero-order chi connectivity index (χ0) is 35.1. The average Bonchev–Trinajstić information content (AvgIpc) is 2.99. The molecule has 2 aromatic carbocycles. The number of carbonyl (C=O) groups is 4. The molecule has 0 amide bonds. The van der Waals surface area contributed by atoms with E-state index in [0.717, 1.165) is 50.7 Å². The lowest BCUT2D eigenvalue weighted by atomic mass is 9.73. The number of carbonyl (C=O) groups excluding carboxylic acids is 4. The van der Waals surface area contributed by atoms with Crippen LogP contribution in [0.3, 0.4) is 0 Å². The van der Waals surface area contributed by atoms with Crippen molar-refractivity contribution in [2.45, 2.75) is 78.1 Å². The van der Waals surface area contributed by atoms with Gasteiger partial charge in [-0.3, -0.25) is 0 Å². The number of ether oxygens (including phenoxy) is 4. The summed E-state index contributed by atoms with van der Waals surface area (Å²) in [5, 5.41) is -1.42. The van der Waals surface area contributed by atoms with Crippen LogP contribution in [0.25, 0.3) is 0 Å². The molecule has 0 spiro atoms. The number of esters is 4. The van der Waals surface area contributed by atoms with Crippen LogP contribution in [0.4, 0.5) is 0 Å². The first-order valence-corrected chi connectivity index (χ1v) is 18.3. The molecule has 0 heterocycles. The summed E-state index contributed by atoms with van der Waals surface area (Å²) < 4.78 is 21.3. The highest BCUT2D eigenvalue weighted by atomic mass is 35.5. The van der Waals surface area contributed by atoms with Gasteiger partial charge in [0.15, 0.2) is 11.5 Å². The monoisotopic (exact) mass is 782 g/mol. The van der Waals surface area contributed by atoms with Crippen LogP contribution < -0.4 is 9.47 Å². The van der Waals surface area contributed by atoms with Crippen molar-refractivity contribution in [2.75, 3.05) is 13.2 Å². The van der Waals surface area contributed by atoms with E-state index in [1.807, 2.05) is 0 Å². The Labute approximate surface area is 309 Å². The third-order valence-corrected chi connectivity index (χ3v) is 11.5. The van der Waals surface area contributed by atoms with Gasteiger partial charge in [0.05, 0.1) is 43.3 Å². The maximum Gasteiger partial charge on any atom is 0.423 e. The van der Waals surface area contributed by atoms with Gasteiger partial charge in [0.25, 0.3) is 0 Å². The Balaban J connectivity index is 1.48. The molecule has 2 aromatic rings. The van der Waals surface area contributed by atoms with Gasteiger partial charge in [-0.2, -0.15) is 0 Å². The number of rotatable bonds is 14. The maximum atomic E-state index is 13.2. The van der Waals surface area contributed by atoms with Crippen molar-refractivity contribution in [3.63, 3.8) is 0 Å². The predicted molar refractivity (Wildman–Crippen MR) is 186 cm³/mol. The minimum atomic E-state index is -1.63. The molecule has 2 atom stereocenters. The zero-order valence-electron chi connectivity index (χ0n) is 26.5. The van der Waals surface area contributed by atoms with E-state index in [1.165, 1.54) is 12.8 Å². The quantitative estimate of drug-likeness (QED) is 0.0807. The molecule has 4 rings (SSSR count). The first-order valence-electron chi connectivity index (χ1n) is 16.0. The fourth-order valence-electron chi connectivity index (χ4n) is 6.11. The number of benzene rings is 2. The molecule has 2 aliphatic rings. The van der Waals surface area contributed by atoms with Gasteiger partial charge in [0.2, 0.25) is 0 Å². The molecular formula is C34H36Cl6O8. The summed E-state index contributed by atoms with van der Waals surface area (Å²) in [6, 6.07) is 2.27. The van der Waals surface area contributed by atoms with Gasteiger partial charge in [-0.15, -0.1) is 0 Å². The van der Waals surface area contributed by atoms with E-state index in [2.05, 4.69) is 13.8 Å². The molecule has 2 fully saturated rings. The van der Waals surface area contributed by atoms with E-state index in [-0.39, 0.29) is 43.3 Å². The van der Waals surface area contributed by atoms with E-state index in [0.29, 0.717) is 36.5 Å². The molecule has 2 unspecified atom stereocenters. The normalized spacial score (nSPS) is 15.9. The smallest absolute Gasteiger partial charge is 0.423 e. The third kappa shape index (κ3) is 9.23. The highest BCUT2D eigenvalue weighted by Gasteiger charge is 2.33. The molecular weight excluding hydrogens is 749 g/mol. The molecule has 262 valence electrons. The Morgan fingerprint density at radius 2 is 0.979 bits per heavy atom. The Bertz CT molecular complexity index is 1420. The van der Waals surface area contributed by atoms with Crippen LogP contribution in [0.2, 0.25) is 30.1 Å². The lowest BCUT2D eigenvalue weighted by Crippen LogP contribution is -2.28. The van der Waals surface area contributed by atoms with Gasteiger partial charge in [-0.25, -0.2) is 19.2 Å². The molecule has 0 radical (unpaired) electrons. The van der Waals surface area contributed by atoms with Crippen molar-refractivity contribution in [2.24, 2.45) is 23.7 Å². The number of hydrogen-bond acceptors (Lipinski definition) is 8. The van der Waals surface area contributed by atoms with Gasteiger partial charge in [0, 0.05) is 0 Å². The van der Waals surface area contributed by atoms with Crippen LogP contribution in [-0.4, -0.2) is 37.1 Å². The molecule has 0 bridgehead atoms. The Morgan fingerprint density at radius 3 is 1.27 bits per heavy atom. The number of hydrogen-bond donors (Lipinski definition) is 0. The summed E-state index contributed by atoms with van der Waals surface area (Å²) in [7, 11) is 0.